The van der Waals surface area contributed by atoms with Crippen molar-refractivity contribution in [2.24, 2.45) is 0 Å². The maximum absolute atomic E-state index is 13.1. The van der Waals surface area contributed by atoms with Gasteiger partial charge in [0, 0.05) is 24.8 Å². The number of ether oxygens (including phenoxy) is 2. The topological polar surface area (TPSA) is 88.2 Å². The number of imide groups is 1. The van der Waals surface area contributed by atoms with Gasteiger partial charge in [-0.3, -0.25) is 14.5 Å². The van der Waals surface area contributed by atoms with E-state index in [0.29, 0.717) is 23.9 Å². The molecule has 0 saturated carbocycles. The summed E-state index contributed by atoms with van der Waals surface area (Å²) < 4.78 is 10.2. The van der Waals surface area contributed by atoms with Gasteiger partial charge in [-0.2, -0.15) is 0 Å². The zero-order valence-corrected chi connectivity index (χ0v) is 19.0. The Morgan fingerprint density at radius 2 is 1.70 bits per heavy atom. The van der Waals surface area contributed by atoms with E-state index >= 15 is 0 Å². The summed E-state index contributed by atoms with van der Waals surface area (Å²) in [6.45, 7) is 4.09. The summed E-state index contributed by atoms with van der Waals surface area (Å²) in [5, 5.41) is 3.55. The third-order valence-electron chi connectivity index (χ3n) is 6.18. The van der Waals surface area contributed by atoms with Crippen molar-refractivity contribution in [3.8, 4) is 5.75 Å². The van der Waals surface area contributed by atoms with Crippen LogP contribution in [-0.4, -0.2) is 61.6 Å². The van der Waals surface area contributed by atoms with Gasteiger partial charge in [-0.25, -0.2) is 9.69 Å². The summed E-state index contributed by atoms with van der Waals surface area (Å²) in [5.41, 5.74) is 1.90. The number of rotatable bonds is 7. The van der Waals surface area contributed by atoms with Gasteiger partial charge in [0.25, 0.3) is 5.91 Å². The van der Waals surface area contributed by atoms with Crippen molar-refractivity contribution in [2.75, 3.05) is 37.0 Å². The number of amides is 2. The lowest BCUT2D eigenvalue weighted by Crippen LogP contribution is -2.48. The normalized spacial score (nSPS) is 19.6. The fourth-order valence-corrected chi connectivity index (χ4v) is 4.44. The van der Waals surface area contributed by atoms with Gasteiger partial charge in [-0.15, -0.1) is 0 Å². The Kier molecular flexibility index (Phi) is 6.93. The Balaban J connectivity index is 1.33. The smallest absolute Gasteiger partial charge is 0.337 e. The molecule has 0 radical (unpaired) electrons. The predicted octanol–water partition coefficient (Wildman–Crippen LogP) is 3.08. The molecule has 33 heavy (non-hydrogen) atoms. The molecule has 0 aliphatic carbocycles. The molecule has 2 heterocycles. The molecule has 2 aromatic rings. The molecule has 2 aromatic carbocycles. The van der Waals surface area contributed by atoms with E-state index in [1.807, 2.05) is 31.2 Å². The average Bonchev–Trinajstić information content (AvgIpc) is 3.14. The van der Waals surface area contributed by atoms with E-state index < -0.39 is 12.0 Å². The van der Waals surface area contributed by atoms with Crippen molar-refractivity contribution in [2.45, 2.75) is 38.3 Å². The van der Waals surface area contributed by atoms with Crippen LogP contribution in [0.25, 0.3) is 0 Å². The minimum atomic E-state index is -0.458. The monoisotopic (exact) mass is 451 g/mol. The number of hydrogen-bond donors (Lipinski definition) is 1. The standard InChI is InChI=1S/C25H29N3O5/c1-3-33-21-10-6-18(7-11-21)26-19-12-14-27(15-13-19)22-16-23(29)28(24(22)30)20-8-4-17(5-9-20)25(31)32-2/h4-11,19,22,26H,3,12-16H2,1-2H3/t22-/m0/s1. The molecule has 2 amide bonds. The van der Waals surface area contributed by atoms with Gasteiger partial charge in [0.05, 0.1) is 37.4 Å². The van der Waals surface area contributed by atoms with Crippen molar-refractivity contribution in [3.63, 3.8) is 0 Å². The molecule has 2 fully saturated rings. The van der Waals surface area contributed by atoms with Gasteiger partial charge in [0.15, 0.2) is 0 Å². The molecule has 8 heteroatoms. The van der Waals surface area contributed by atoms with Gasteiger partial charge in [0.2, 0.25) is 5.91 Å². The van der Waals surface area contributed by atoms with E-state index in [1.165, 1.54) is 12.0 Å². The summed E-state index contributed by atoms with van der Waals surface area (Å²) in [7, 11) is 1.31. The highest BCUT2D eigenvalue weighted by atomic mass is 16.5. The highest BCUT2D eigenvalue weighted by Crippen LogP contribution is 2.28. The maximum Gasteiger partial charge on any atom is 0.337 e. The number of benzene rings is 2. The van der Waals surface area contributed by atoms with Crippen LogP contribution in [0.3, 0.4) is 0 Å². The van der Waals surface area contributed by atoms with Gasteiger partial charge in [-0.1, -0.05) is 0 Å². The highest BCUT2D eigenvalue weighted by Gasteiger charge is 2.43. The SMILES string of the molecule is CCOc1ccc(NC2CCN([C@H]3CC(=O)N(c4ccc(C(=O)OC)cc4)C3=O)CC2)cc1. The molecule has 0 bridgehead atoms. The molecule has 2 aliphatic rings. The number of likely N-dealkylation sites (tertiary alicyclic amines) is 1. The fourth-order valence-electron chi connectivity index (χ4n) is 4.44. The molecule has 0 aromatic heterocycles. The number of carbonyl (C=O) groups is 3. The van der Waals surface area contributed by atoms with Crippen LogP contribution in [0.4, 0.5) is 11.4 Å². The van der Waals surface area contributed by atoms with Gasteiger partial charge < -0.3 is 14.8 Å². The number of nitrogens with zero attached hydrogens (tertiary/aromatic N) is 2. The average molecular weight is 452 g/mol. The first-order valence-electron chi connectivity index (χ1n) is 11.3. The number of anilines is 2. The molecule has 0 spiro atoms. The summed E-state index contributed by atoms with van der Waals surface area (Å²) >= 11 is 0. The first kappa shape index (κ1) is 22.8. The highest BCUT2D eigenvalue weighted by molar-refractivity contribution is 6.22. The minimum Gasteiger partial charge on any atom is -0.494 e. The molecule has 2 aliphatic heterocycles. The van der Waals surface area contributed by atoms with Crippen molar-refractivity contribution in [1.29, 1.82) is 0 Å². The molecule has 1 atom stereocenters. The molecule has 4 rings (SSSR count). The predicted molar refractivity (Wildman–Crippen MR) is 125 cm³/mol. The Hall–Kier alpha value is -3.39. The molecule has 2 saturated heterocycles. The first-order chi connectivity index (χ1) is 16.0. The van der Waals surface area contributed by atoms with Crippen LogP contribution < -0.4 is 15.0 Å². The second kappa shape index (κ2) is 10.0. The van der Waals surface area contributed by atoms with E-state index in [0.717, 1.165) is 37.4 Å². The number of methoxy groups -OCH3 is 1. The van der Waals surface area contributed by atoms with Crippen molar-refractivity contribution in [1.82, 2.24) is 4.90 Å². The van der Waals surface area contributed by atoms with E-state index in [1.54, 1.807) is 24.3 Å². The summed E-state index contributed by atoms with van der Waals surface area (Å²) in [4.78, 5) is 40.7. The second-order valence-corrected chi connectivity index (χ2v) is 8.24. The number of hydrogen-bond acceptors (Lipinski definition) is 7. The Morgan fingerprint density at radius 1 is 1.03 bits per heavy atom. The van der Waals surface area contributed by atoms with Gasteiger partial charge in [-0.05, 0) is 68.3 Å². The lowest BCUT2D eigenvalue weighted by Gasteiger charge is -2.35. The Morgan fingerprint density at radius 3 is 2.30 bits per heavy atom. The van der Waals surface area contributed by atoms with E-state index in [2.05, 4.69) is 10.2 Å². The van der Waals surface area contributed by atoms with Crippen LogP contribution in [0.1, 0.15) is 36.5 Å². The molecular formula is C25H29N3O5. The second-order valence-electron chi connectivity index (χ2n) is 8.24. The molecular weight excluding hydrogens is 422 g/mol. The Labute approximate surface area is 193 Å². The summed E-state index contributed by atoms with van der Waals surface area (Å²) in [5.74, 6) is -0.0267. The van der Waals surface area contributed by atoms with Gasteiger partial charge >= 0.3 is 5.97 Å². The number of nitrogens with one attached hydrogen (secondary N) is 1. The molecule has 8 nitrogen and oxygen atoms in total. The largest absolute Gasteiger partial charge is 0.494 e. The van der Waals surface area contributed by atoms with Gasteiger partial charge in [0.1, 0.15) is 5.75 Å². The zero-order chi connectivity index (χ0) is 23.4. The Bertz CT molecular complexity index is 998. The van der Waals surface area contributed by atoms with Crippen LogP contribution in [-0.2, 0) is 14.3 Å². The van der Waals surface area contributed by atoms with Crippen LogP contribution in [0.5, 0.6) is 5.75 Å². The fraction of sp³-hybridized carbons (Fsp3) is 0.400. The van der Waals surface area contributed by atoms with Crippen molar-refractivity contribution in [3.05, 3.63) is 54.1 Å². The lowest BCUT2D eigenvalue weighted by atomic mass is 10.0. The summed E-state index contributed by atoms with van der Waals surface area (Å²) in [6, 6.07) is 14.2. The summed E-state index contributed by atoms with van der Waals surface area (Å²) in [6.07, 6.45) is 1.95. The van der Waals surface area contributed by atoms with Crippen LogP contribution in [0.15, 0.2) is 48.5 Å². The van der Waals surface area contributed by atoms with Crippen molar-refractivity contribution < 1.29 is 23.9 Å². The lowest BCUT2D eigenvalue weighted by molar-refractivity contribution is -0.123. The zero-order valence-electron chi connectivity index (χ0n) is 19.0. The van der Waals surface area contributed by atoms with E-state index in [9.17, 15) is 14.4 Å². The number of piperidine rings is 1. The minimum absolute atomic E-state index is 0.175. The third kappa shape index (κ3) is 5.01. The van der Waals surface area contributed by atoms with Crippen LogP contribution >= 0.6 is 0 Å². The van der Waals surface area contributed by atoms with Crippen molar-refractivity contribution >= 4 is 29.2 Å². The molecule has 1 N–H and O–H groups in total. The van der Waals surface area contributed by atoms with Crippen LogP contribution in [0, 0.1) is 0 Å². The van der Waals surface area contributed by atoms with E-state index in [4.69, 9.17) is 9.47 Å². The van der Waals surface area contributed by atoms with Crippen LogP contribution in [0.2, 0.25) is 0 Å². The number of esters is 1. The molecule has 174 valence electrons. The van der Waals surface area contributed by atoms with E-state index in [-0.39, 0.29) is 18.2 Å². The molecule has 0 unspecified atom stereocenters. The number of carbonyl (C=O) groups excluding carboxylic acids is 3. The quantitative estimate of drug-likeness (QED) is 0.511. The maximum atomic E-state index is 13.1. The first-order valence-corrected chi connectivity index (χ1v) is 11.3. The third-order valence-corrected chi connectivity index (χ3v) is 6.18.